The number of allylic oxidation sites excluding steroid dienone is 2. The Morgan fingerprint density at radius 3 is 2.42 bits per heavy atom. The van der Waals surface area contributed by atoms with Crippen LogP contribution in [0.5, 0.6) is 5.75 Å². The first kappa shape index (κ1) is 23.9. The number of ether oxygens (including phenoxy) is 1. The summed E-state index contributed by atoms with van der Waals surface area (Å²) < 4.78 is 5.69. The van der Waals surface area contributed by atoms with Gasteiger partial charge in [-0.3, -0.25) is 15.1 Å². The predicted molar refractivity (Wildman–Crippen MR) is 144 cm³/mol. The van der Waals surface area contributed by atoms with Crippen LogP contribution in [0.3, 0.4) is 0 Å². The molecule has 0 aromatic heterocycles. The topological polar surface area (TPSA) is 73.6 Å². The van der Waals surface area contributed by atoms with Crippen molar-refractivity contribution in [3.05, 3.63) is 111 Å². The van der Waals surface area contributed by atoms with Crippen molar-refractivity contribution in [3.8, 4) is 5.75 Å². The zero-order chi connectivity index (χ0) is 25.4. The third-order valence-electron chi connectivity index (χ3n) is 6.87. The van der Waals surface area contributed by atoms with Crippen LogP contribution in [0.4, 0.5) is 5.69 Å². The first-order chi connectivity index (χ1) is 17.4. The Hall–Kier alpha value is -3.83. The average Bonchev–Trinajstić information content (AvgIpc) is 2.89. The number of hydrogen-bond donors (Lipinski definition) is 2. The van der Waals surface area contributed by atoms with Crippen LogP contribution in [0.15, 0.2) is 89.6 Å². The molecule has 0 fully saturated rings. The number of halogens is 1. The zero-order valence-electron chi connectivity index (χ0n) is 20.2. The van der Waals surface area contributed by atoms with Gasteiger partial charge in [0.15, 0.2) is 5.78 Å². The fraction of sp³-hybridized carbons (Fsp3) is 0.200. The zero-order valence-corrected chi connectivity index (χ0v) is 21.0. The molecule has 5 nitrogen and oxygen atoms in total. The molecule has 5 rings (SSSR count). The van der Waals surface area contributed by atoms with Gasteiger partial charge in [0.05, 0.1) is 13.0 Å². The summed E-state index contributed by atoms with van der Waals surface area (Å²) in [6, 6.07) is 22.2. The highest BCUT2D eigenvalue weighted by atomic mass is 35.5. The van der Waals surface area contributed by atoms with Gasteiger partial charge in [-0.2, -0.15) is 0 Å². The maximum absolute atomic E-state index is 13.6. The Labute approximate surface area is 215 Å². The number of carbonyl (C=O) groups is 1. The van der Waals surface area contributed by atoms with Crippen molar-refractivity contribution in [1.82, 2.24) is 0 Å². The molecule has 0 saturated heterocycles. The van der Waals surface area contributed by atoms with Crippen molar-refractivity contribution in [2.45, 2.75) is 32.1 Å². The minimum atomic E-state index is -0.638. The van der Waals surface area contributed by atoms with Crippen molar-refractivity contribution in [2.24, 2.45) is 0 Å². The van der Waals surface area contributed by atoms with Gasteiger partial charge >= 0.3 is 0 Å². The van der Waals surface area contributed by atoms with Crippen LogP contribution in [0, 0.1) is 12.3 Å². The Morgan fingerprint density at radius 2 is 1.72 bits per heavy atom. The van der Waals surface area contributed by atoms with Crippen LogP contribution in [0.1, 0.15) is 41.9 Å². The number of anilines is 1. The van der Waals surface area contributed by atoms with Crippen LogP contribution in [0.2, 0.25) is 5.02 Å². The van der Waals surface area contributed by atoms with Crippen LogP contribution >= 0.6 is 11.6 Å². The number of aryl methyl sites for hydroxylation is 1. The molecule has 182 valence electrons. The smallest absolute Gasteiger partial charge is 0.161 e. The number of nitrogens with zero attached hydrogens (tertiary/aromatic N) is 1. The van der Waals surface area contributed by atoms with E-state index in [0.717, 1.165) is 22.5 Å². The molecule has 0 radical (unpaired) electrons. The van der Waals surface area contributed by atoms with Crippen molar-refractivity contribution < 1.29 is 14.6 Å². The number of nitrogens with one attached hydrogen (secondary N) is 1. The monoisotopic (exact) mass is 498 g/mol. The molecule has 1 aliphatic carbocycles. The van der Waals surface area contributed by atoms with Gasteiger partial charge in [-0.15, -0.1) is 0 Å². The van der Waals surface area contributed by atoms with Gasteiger partial charge < -0.3 is 9.84 Å². The molecule has 1 heterocycles. The number of carbonyl (C=O) groups excluding carboxylic acids is 1. The molecule has 1 unspecified atom stereocenters. The van der Waals surface area contributed by atoms with E-state index in [9.17, 15) is 15.3 Å². The quantitative estimate of drug-likeness (QED) is 0.372. The van der Waals surface area contributed by atoms with E-state index in [1.54, 1.807) is 24.1 Å². The summed E-state index contributed by atoms with van der Waals surface area (Å²) in [6.07, 6.45) is 1.78. The molecule has 0 spiro atoms. The van der Waals surface area contributed by atoms with Crippen molar-refractivity contribution in [1.29, 1.82) is 5.41 Å². The number of rotatable bonds is 4. The van der Waals surface area contributed by atoms with Gasteiger partial charge in [0.25, 0.3) is 0 Å². The Morgan fingerprint density at radius 1 is 1.03 bits per heavy atom. The van der Waals surface area contributed by atoms with Gasteiger partial charge in [0.2, 0.25) is 0 Å². The predicted octanol–water partition coefficient (Wildman–Crippen LogP) is 7.21. The van der Waals surface area contributed by atoms with Gasteiger partial charge in [-0.25, -0.2) is 0 Å². The van der Waals surface area contributed by atoms with E-state index >= 15 is 0 Å². The highest BCUT2D eigenvalue weighted by Crippen LogP contribution is 2.49. The third kappa shape index (κ3) is 4.10. The number of benzene rings is 3. The lowest BCUT2D eigenvalue weighted by Gasteiger charge is -2.42. The molecule has 2 N–H and O–H groups in total. The Balaban J connectivity index is 1.84. The Kier molecular flexibility index (Phi) is 6.42. The number of aliphatic hydroxyl groups is 1. The number of Topliss-reactive ketones (excluding diaryl/α,β-unsaturated/α-hetero) is 1. The summed E-state index contributed by atoms with van der Waals surface area (Å²) in [5.74, 6) is 0.0864. The van der Waals surface area contributed by atoms with E-state index in [4.69, 9.17) is 16.3 Å². The molecule has 1 aliphatic heterocycles. The minimum Gasteiger partial charge on any atom is -0.507 e. The molecule has 0 bridgehead atoms. The first-order valence-electron chi connectivity index (χ1n) is 11.9. The fourth-order valence-corrected chi connectivity index (χ4v) is 5.28. The maximum atomic E-state index is 13.6. The second kappa shape index (κ2) is 9.67. The van der Waals surface area contributed by atoms with E-state index in [1.165, 1.54) is 0 Å². The van der Waals surface area contributed by atoms with E-state index in [-0.39, 0.29) is 17.4 Å². The van der Waals surface area contributed by atoms with E-state index in [2.05, 4.69) is 0 Å². The summed E-state index contributed by atoms with van der Waals surface area (Å²) in [7, 11) is 1.59. The van der Waals surface area contributed by atoms with Gasteiger partial charge in [-0.05, 0) is 50.1 Å². The molecule has 36 heavy (non-hydrogen) atoms. The lowest BCUT2D eigenvalue weighted by atomic mass is 9.73. The van der Waals surface area contributed by atoms with E-state index in [0.29, 0.717) is 46.7 Å². The molecule has 0 saturated carbocycles. The molecule has 2 aliphatic rings. The standard InChI is InChI=1S/C30H27ClN2O3/c1-18-10-12-19(13-11-18)29(35)28-26(22-6-3-4-9-25(22)36-2)27-23(7-5-8-24(27)34)33(30(28)32)21-16-14-20(31)15-17-21/h3-4,6,9-17,26,32,35H,5,7-8H2,1-2H3/b29-28+,32-30?. The largest absolute Gasteiger partial charge is 0.507 e. The second-order valence-corrected chi connectivity index (χ2v) is 9.54. The summed E-state index contributed by atoms with van der Waals surface area (Å²) in [5, 5.41) is 21.7. The van der Waals surface area contributed by atoms with Gasteiger partial charge in [0.1, 0.15) is 17.3 Å². The number of para-hydroxylation sites is 1. The first-order valence-corrected chi connectivity index (χ1v) is 12.3. The molecule has 1 atom stereocenters. The van der Waals surface area contributed by atoms with Crippen LogP contribution < -0.4 is 9.64 Å². The van der Waals surface area contributed by atoms with Crippen LogP contribution in [-0.4, -0.2) is 23.8 Å². The third-order valence-corrected chi connectivity index (χ3v) is 7.12. The van der Waals surface area contributed by atoms with Gasteiger partial charge in [0, 0.05) is 45.1 Å². The molecule has 3 aromatic rings. The van der Waals surface area contributed by atoms with Crippen molar-refractivity contribution >= 4 is 34.7 Å². The van der Waals surface area contributed by atoms with Crippen molar-refractivity contribution in [2.75, 3.05) is 12.0 Å². The fourth-order valence-electron chi connectivity index (χ4n) is 5.15. The molecule has 0 amide bonds. The van der Waals surface area contributed by atoms with E-state index in [1.807, 2.05) is 67.6 Å². The van der Waals surface area contributed by atoms with Crippen molar-refractivity contribution in [3.63, 3.8) is 0 Å². The summed E-state index contributed by atoms with van der Waals surface area (Å²) in [6.45, 7) is 1.98. The number of ketones is 1. The molecular formula is C30H27ClN2O3. The Bertz CT molecular complexity index is 1400. The second-order valence-electron chi connectivity index (χ2n) is 9.10. The van der Waals surface area contributed by atoms with Gasteiger partial charge in [-0.1, -0.05) is 59.6 Å². The number of amidine groups is 1. The number of aliphatic hydroxyl groups excluding tert-OH is 1. The molecule has 3 aromatic carbocycles. The normalized spacial score (nSPS) is 19.3. The number of hydrogen-bond acceptors (Lipinski definition) is 4. The summed E-state index contributed by atoms with van der Waals surface area (Å²) in [5.41, 5.74) is 4.87. The molecular weight excluding hydrogens is 472 g/mol. The minimum absolute atomic E-state index is 0.0211. The van der Waals surface area contributed by atoms with Crippen LogP contribution in [-0.2, 0) is 4.79 Å². The SMILES string of the molecule is COc1ccccc1C1C2=C(CCCC2=O)N(c2ccc(Cl)cc2)C(=N)/C1=C(/O)c1ccc(C)cc1. The van der Waals surface area contributed by atoms with E-state index < -0.39 is 5.92 Å². The van der Waals surface area contributed by atoms with Crippen LogP contribution in [0.25, 0.3) is 5.76 Å². The summed E-state index contributed by atoms with van der Waals surface area (Å²) in [4.78, 5) is 15.4. The maximum Gasteiger partial charge on any atom is 0.161 e. The summed E-state index contributed by atoms with van der Waals surface area (Å²) >= 11 is 6.15. The lowest BCUT2D eigenvalue weighted by molar-refractivity contribution is -0.116. The highest BCUT2D eigenvalue weighted by molar-refractivity contribution is 6.30. The average molecular weight is 499 g/mol. The number of methoxy groups -OCH3 is 1. The highest BCUT2D eigenvalue weighted by Gasteiger charge is 2.44. The lowest BCUT2D eigenvalue weighted by Crippen LogP contribution is -2.42. The molecule has 6 heteroatoms.